The van der Waals surface area contributed by atoms with E-state index in [0.29, 0.717) is 18.2 Å². The predicted molar refractivity (Wildman–Crippen MR) is 66.0 cm³/mol. The lowest BCUT2D eigenvalue weighted by Crippen LogP contribution is -2.51. The summed E-state index contributed by atoms with van der Waals surface area (Å²) in [5, 5.41) is 3.68. The van der Waals surface area contributed by atoms with E-state index in [2.05, 4.69) is 12.1 Å². The average Bonchev–Trinajstić information content (AvgIpc) is 2.81. The topological polar surface area (TPSA) is 72.4 Å². The second-order valence-electron chi connectivity index (χ2n) is 4.31. The highest BCUT2D eigenvalue weighted by atomic mass is 35.5. The lowest BCUT2D eigenvalue weighted by molar-refractivity contribution is 0.0522. The molecule has 2 rings (SSSR count). The normalized spacial score (nSPS) is 24.2. The Hall–Kier alpha value is -1.07. The number of aromatic nitrogens is 1. The molecule has 1 amide bonds. The molecule has 0 saturated carbocycles. The third kappa shape index (κ3) is 2.79. The summed E-state index contributed by atoms with van der Waals surface area (Å²) in [7, 11) is 0. The lowest BCUT2D eigenvalue weighted by atomic mass is 9.90. The lowest BCUT2D eigenvalue weighted by Gasteiger charge is -2.39. The first kappa shape index (κ1) is 14.0. The van der Waals surface area contributed by atoms with Crippen molar-refractivity contribution >= 4 is 18.3 Å². The van der Waals surface area contributed by atoms with Crippen LogP contribution in [0.1, 0.15) is 30.3 Å². The van der Waals surface area contributed by atoms with E-state index in [4.69, 9.17) is 10.3 Å². The molecule has 1 aliphatic rings. The van der Waals surface area contributed by atoms with Gasteiger partial charge in [0.05, 0.1) is 0 Å². The van der Waals surface area contributed by atoms with Crippen molar-refractivity contribution in [3.63, 3.8) is 0 Å². The Balaban J connectivity index is 0.00000144. The molecular formula is C11H18ClN3O2. The van der Waals surface area contributed by atoms with E-state index in [1.54, 1.807) is 6.07 Å². The summed E-state index contributed by atoms with van der Waals surface area (Å²) in [4.78, 5) is 13.9. The van der Waals surface area contributed by atoms with Crippen molar-refractivity contribution in [2.75, 3.05) is 13.1 Å². The molecule has 2 heterocycles. The van der Waals surface area contributed by atoms with Gasteiger partial charge in [0.2, 0.25) is 0 Å². The highest BCUT2D eigenvalue weighted by Gasteiger charge is 2.32. The fourth-order valence-electron chi connectivity index (χ4n) is 2.33. The Morgan fingerprint density at radius 1 is 1.71 bits per heavy atom. The van der Waals surface area contributed by atoms with Crippen LogP contribution in [0.4, 0.5) is 0 Å². The van der Waals surface area contributed by atoms with Crippen LogP contribution in [0, 0.1) is 5.92 Å². The van der Waals surface area contributed by atoms with Crippen LogP contribution in [0.3, 0.4) is 0 Å². The monoisotopic (exact) mass is 259 g/mol. The summed E-state index contributed by atoms with van der Waals surface area (Å²) in [6.07, 6.45) is 3.57. The maximum absolute atomic E-state index is 12.1. The van der Waals surface area contributed by atoms with E-state index in [-0.39, 0.29) is 24.4 Å². The molecule has 17 heavy (non-hydrogen) atoms. The summed E-state index contributed by atoms with van der Waals surface area (Å²) < 4.78 is 4.69. The minimum atomic E-state index is -0.0734. The van der Waals surface area contributed by atoms with E-state index in [1.165, 1.54) is 6.26 Å². The molecule has 1 aromatic rings. The van der Waals surface area contributed by atoms with Gasteiger partial charge < -0.3 is 15.2 Å². The molecule has 0 aromatic carbocycles. The number of nitrogens with zero attached hydrogens (tertiary/aromatic N) is 2. The third-order valence-corrected chi connectivity index (χ3v) is 3.27. The molecule has 1 aromatic heterocycles. The van der Waals surface area contributed by atoms with Crippen molar-refractivity contribution in [1.29, 1.82) is 0 Å². The number of hydrogen-bond donors (Lipinski definition) is 1. The average molecular weight is 260 g/mol. The SMILES string of the molecule is CC1CCCN(C(=O)c2ccon2)C1CN.Cl. The van der Waals surface area contributed by atoms with Gasteiger partial charge in [0, 0.05) is 25.2 Å². The number of halogens is 1. The maximum Gasteiger partial charge on any atom is 0.276 e. The Morgan fingerprint density at radius 2 is 2.47 bits per heavy atom. The largest absolute Gasteiger partial charge is 0.364 e. The highest BCUT2D eigenvalue weighted by Crippen LogP contribution is 2.23. The van der Waals surface area contributed by atoms with Gasteiger partial charge in [-0.1, -0.05) is 12.1 Å². The second-order valence-corrected chi connectivity index (χ2v) is 4.31. The summed E-state index contributed by atoms with van der Waals surface area (Å²) >= 11 is 0. The number of likely N-dealkylation sites (tertiary alicyclic amines) is 1. The summed E-state index contributed by atoms with van der Waals surface area (Å²) in [6, 6.07) is 1.72. The summed E-state index contributed by atoms with van der Waals surface area (Å²) in [5.41, 5.74) is 6.11. The highest BCUT2D eigenvalue weighted by molar-refractivity contribution is 5.92. The maximum atomic E-state index is 12.1. The number of rotatable bonds is 2. The summed E-state index contributed by atoms with van der Waals surface area (Å²) in [5.74, 6) is 0.380. The zero-order valence-corrected chi connectivity index (χ0v) is 10.7. The standard InChI is InChI=1S/C11H17N3O2.ClH/c1-8-3-2-5-14(10(8)7-12)11(15)9-4-6-16-13-9;/h4,6,8,10H,2-3,5,7,12H2,1H3;1H. The molecule has 5 nitrogen and oxygen atoms in total. The molecule has 0 radical (unpaired) electrons. The Labute approximate surface area is 107 Å². The summed E-state index contributed by atoms with van der Waals surface area (Å²) in [6.45, 7) is 3.41. The number of piperidine rings is 1. The molecule has 2 unspecified atom stereocenters. The molecule has 96 valence electrons. The van der Waals surface area contributed by atoms with Gasteiger partial charge in [-0.15, -0.1) is 12.4 Å². The number of amides is 1. The number of nitrogens with two attached hydrogens (primary N) is 1. The molecule has 1 aliphatic heterocycles. The number of carbonyl (C=O) groups is 1. The zero-order valence-electron chi connectivity index (χ0n) is 9.83. The minimum Gasteiger partial charge on any atom is -0.364 e. The molecule has 0 spiro atoms. The van der Waals surface area contributed by atoms with E-state index >= 15 is 0 Å². The van der Waals surface area contributed by atoms with Crippen LogP contribution in [-0.4, -0.2) is 35.1 Å². The first-order chi connectivity index (χ1) is 7.74. The fraction of sp³-hybridized carbons (Fsp3) is 0.636. The van der Waals surface area contributed by atoms with Crippen molar-refractivity contribution in [2.45, 2.75) is 25.8 Å². The molecule has 6 heteroatoms. The molecule has 2 atom stereocenters. The van der Waals surface area contributed by atoms with Crippen LogP contribution < -0.4 is 5.73 Å². The van der Waals surface area contributed by atoms with Crippen LogP contribution in [0.2, 0.25) is 0 Å². The van der Waals surface area contributed by atoms with Gasteiger partial charge in [0.15, 0.2) is 5.69 Å². The van der Waals surface area contributed by atoms with E-state index in [0.717, 1.165) is 19.4 Å². The van der Waals surface area contributed by atoms with Crippen LogP contribution in [0.15, 0.2) is 16.9 Å². The molecule has 0 aliphatic carbocycles. The third-order valence-electron chi connectivity index (χ3n) is 3.27. The first-order valence-corrected chi connectivity index (χ1v) is 5.65. The van der Waals surface area contributed by atoms with Gasteiger partial charge in [-0.05, 0) is 18.8 Å². The van der Waals surface area contributed by atoms with Gasteiger partial charge in [-0.2, -0.15) is 0 Å². The van der Waals surface area contributed by atoms with Gasteiger partial charge in [-0.3, -0.25) is 4.79 Å². The van der Waals surface area contributed by atoms with E-state index in [9.17, 15) is 4.79 Å². The first-order valence-electron chi connectivity index (χ1n) is 5.65. The predicted octanol–water partition coefficient (Wildman–Crippen LogP) is 1.30. The number of carbonyl (C=O) groups excluding carboxylic acids is 1. The van der Waals surface area contributed by atoms with Crippen LogP contribution in [0.25, 0.3) is 0 Å². The van der Waals surface area contributed by atoms with Crippen LogP contribution in [-0.2, 0) is 0 Å². The molecular weight excluding hydrogens is 242 g/mol. The van der Waals surface area contributed by atoms with E-state index < -0.39 is 0 Å². The van der Waals surface area contributed by atoms with Crippen molar-refractivity contribution in [1.82, 2.24) is 10.1 Å². The second kappa shape index (κ2) is 6.02. The smallest absolute Gasteiger partial charge is 0.276 e. The van der Waals surface area contributed by atoms with Crippen LogP contribution in [0.5, 0.6) is 0 Å². The van der Waals surface area contributed by atoms with Crippen molar-refractivity contribution < 1.29 is 9.32 Å². The van der Waals surface area contributed by atoms with Gasteiger partial charge in [0.1, 0.15) is 6.26 Å². The molecule has 1 saturated heterocycles. The van der Waals surface area contributed by atoms with Crippen LogP contribution >= 0.6 is 12.4 Å². The molecule has 0 bridgehead atoms. The Bertz CT molecular complexity index is 356. The molecule has 1 fully saturated rings. The van der Waals surface area contributed by atoms with Crippen molar-refractivity contribution in [3.8, 4) is 0 Å². The van der Waals surface area contributed by atoms with Crippen molar-refractivity contribution in [3.05, 3.63) is 18.0 Å². The Kier molecular flexibility index (Phi) is 4.96. The van der Waals surface area contributed by atoms with Gasteiger partial charge >= 0.3 is 0 Å². The fourth-order valence-corrected chi connectivity index (χ4v) is 2.33. The minimum absolute atomic E-state index is 0. The van der Waals surface area contributed by atoms with Gasteiger partial charge in [-0.25, -0.2) is 0 Å². The number of hydrogen-bond acceptors (Lipinski definition) is 4. The van der Waals surface area contributed by atoms with E-state index in [1.807, 2.05) is 4.90 Å². The molecule has 2 N–H and O–H groups in total. The van der Waals surface area contributed by atoms with Gasteiger partial charge in [0.25, 0.3) is 5.91 Å². The quantitative estimate of drug-likeness (QED) is 0.869. The zero-order chi connectivity index (χ0) is 11.5. The Morgan fingerprint density at radius 3 is 3.06 bits per heavy atom. The van der Waals surface area contributed by atoms with Crippen molar-refractivity contribution in [2.24, 2.45) is 11.7 Å².